The maximum Gasteiger partial charge on any atom is 0.433 e. The number of carbonyl (C=O) groups is 1. The third-order valence-corrected chi connectivity index (χ3v) is 7.51. The maximum absolute atomic E-state index is 13.1. The highest BCUT2D eigenvalue weighted by molar-refractivity contribution is 7.91. The fraction of sp³-hybridized carbons (Fsp3) is 0.312. The molecule has 0 spiro atoms. The van der Waals surface area contributed by atoms with Gasteiger partial charge in [0.05, 0.1) is 22.2 Å². The molecule has 2 heterocycles. The first kappa shape index (κ1) is 24.1. The lowest BCUT2D eigenvalue weighted by molar-refractivity contribution is -0.140. The van der Waals surface area contributed by atoms with Gasteiger partial charge in [0.15, 0.2) is 15.1 Å². The number of benzene rings is 1. The Hall–Kier alpha value is -2.56. The fourth-order valence-electron chi connectivity index (χ4n) is 2.84. The molecule has 0 bridgehead atoms. The summed E-state index contributed by atoms with van der Waals surface area (Å²) < 4.78 is 86.3. The van der Waals surface area contributed by atoms with Crippen molar-refractivity contribution < 1.29 is 34.8 Å². The highest BCUT2D eigenvalue weighted by atomic mass is 32.2. The summed E-state index contributed by atoms with van der Waals surface area (Å²) in [6.45, 7) is -0.403. The van der Waals surface area contributed by atoms with Gasteiger partial charge in [0.2, 0.25) is 15.9 Å². The summed E-state index contributed by atoms with van der Waals surface area (Å²) >= 11 is 0.818. The van der Waals surface area contributed by atoms with Crippen LogP contribution in [0.25, 0.3) is 21.3 Å². The molecule has 3 aromatic rings. The minimum absolute atomic E-state index is 0.115. The van der Waals surface area contributed by atoms with Crippen molar-refractivity contribution in [2.75, 3.05) is 18.6 Å². The molecule has 1 amide bonds. The van der Waals surface area contributed by atoms with E-state index in [2.05, 4.69) is 15.4 Å². The SMILES string of the molecule is CS(=O)(=O)C(C(=O)NCCS(N)(=O)=O)c1nc2ccc(-c3cn[nH]c3C(F)(F)F)cc2s1. The fourth-order valence-corrected chi connectivity index (χ4v) is 5.78. The Bertz CT molecular complexity index is 1380. The van der Waals surface area contributed by atoms with Crippen LogP contribution in [0.4, 0.5) is 13.2 Å². The number of sulfonamides is 1. The topological polar surface area (TPSA) is 165 Å². The smallest absolute Gasteiger partial charge is 0.354 e. The van der Waals surface area contributed by atoms with Gasteiger partial charge in [0.1, 0.15) is 10.7 Å². The van der Waals surface area contributed by atoms with E-state index in [0.717, 1.165) is 23.8 Å². The molecule has 0 aliphatic heterocycles. The number of nitrogens with two attached hydrogens (primary N) is 1. The molecule has 1 atom stereocenters. The molecule has 0 saturated heterocycles. The number of carbonyl (C=O) groups excluding carboxylic acids is 1. The minimum atomic E-state index is -4.66. The summed E-state index contributed by atoms with van der Waals surface area (Å²) in [5, 5.41) is 10.6. The molecule has 0 saturated carbocycles. The zero-order valence-corrected chi connectivity index (χ0v) is 18.6. The van der Waals surface area contributed by atoms with E-state index in [4.69, 9.17) is 5.14 Å². The lowest BCUT2D eigenvalue weighted by atomic mass is 10.1. The number of aromatic nitrogens is 3. The molecule has 1 unspecified atom stereocenters. The van der Waals surface area contributed by atoms with Gasteiger partial charge < -0.3 is 5.32 Å². The van der Waals surface area contributed by atoms with Crippen LogP contribution in [0, 0.1) is 0 Å². The number of fused-ring (bicyclic) bond motifs is 1. The summed E-state index contributed by atoms with van der Waals surface area (Å²) in [7, 11) is -7.89. The van der Waals surface area contributed by atoms with E-state index >= 15 is 0 Å². The second-order valence-electron chi connectivity index (χ2n) is 6.76. The van der Waals surface area contributed by atoms with E-state index in [-0.39, 0.29) is 21.7 Å². The molecule has 0 fully saturated rings. The Morgan fingerprint density at radius 3 is 2.56 bits per heavy atom. The van der Waals surface area contributed by atoms with Crippen molar-refractivity contribution in [3.63, 3.8) is 0 Å². The highest BCUT2D eigenvalue weighted by Gasteiger charge is 2.36. The lowest BCUT2D eigenvalue weighted by Gasteiger charge is -2.12. The van der Waals surface area contributed by atoms with Crippen molar-refractivity contribution in [2.24, 2.45) is 5.14 Å². The number of halogens is 3. The standard InChI is InChI=1S/C16H16F3N5O5S3/c1-31(26,27)12(14(25)21-4-5-32(20,28)29)15-23-10-3-2-8(6-11(10)30-15)9-7-22-24-13(9)16(17,18)19/h2-3,6-7,12H,4-5H2,1H3,(H,21,25)(H,22,24)(H2,20,28,29). The largest absolute Gasteiger partial charge is 0.433 e. The average Bonchev–Trinajstić information content (AvgIpc) is 3.25. The van der Waals surface area contributed by atoms with Gasteiger partial charge in [-0.3, -0.25) is 9.89 Å². The average molecular weight is 512 g/mol. The molecule has 174 valence electrons. The predicted molar refractivity (Wildman–Crippen MR) is 111 cm³/mol. The van der Waals surface area contributed by atoms with Crippen molar-refractivity contribution in [3.05, 3.63) is 35.1 Å². The molecule has 3 rings (SSSR count). The van der Waals surface area contributed by atoms with Crippen LogP contribution in [-0.2, 0) is 30.8 Å². The van der Waals surface area contributed by atoms with Crippen LogP contribution in [-0.4, -0.2) is 56.5 Å². The number of nitrogens with zero attached hydrogens (tertiary/aromatic N) is 2. The number of hydrogen-bond acceptors (Lipinski definition) is 8. The number of hydrogen-bond donors (Lipinski definition) is 3. The van der Waals surface area contributed by atoms with Gasteiger partial charge in [-0.05, 0) is 17.7 Å². The molecular weight excluding hydrogens is 495 g/mol. The van der Waals surface area contributed by atoms with Crippen molar-refractivity contribution in [1.82, 2.24) is 20.5 Å². The zero-order valence-electron chi connectivity index (χ0n) is 16.2. The van der Waals surface area contributed by atoms with Gasteiger partial charge in [-0.2, -0.15) is 18.3 Å². The predicted octanol–water partition coefficient (Wildman–Crippen LogP) is 1.20. The molecular formula is C16H16F3N5O5S3. The number of H-pyrrole nitrogens is 1. The van der Waals surface area contributed by atoms with E-state index in [9.17, 15) is 34.8 Å². The van der Waals surface area contributed by atoms with Crippen LogP contribution in [0.1, 0.15) is 16.0 Å². The van der Waals surface area contributed by atoms with Crippen LogP contribution in [0.5, 0.6) is 0 Å². The van der Waals surface area contributed by atoms with Gasteiger partial charge in [0.25, 0.3) is 0 Å². The van der Waals surface area contributed by atoms with E-state index in [1.165, 1.54) is 18.2 Å². The molecule has 0 aliphatic carbocycles. The van der Waals surface area contributed by atoms with E-state index < -0.39 is 55.2 Å². The van der Waals surface area contributed by atoms with Gasteiger partial charge in [-0.1, -0.05) is 6.07 Å². The molecule has 4 N–H and O–H groups in total. The summed E-state index contributed by atoms with van der Waals surface area (Å²) in [6.07, 6.45) is -2.82. The third kappa shape index (κ3) is 5.43. The van der Waals surface area contributed by atoms with E-state index in [0.29, 0.717) is 4.70 Å². The van der Waals surface area contributed by atoms with Crippen LogP contribution in [0.15, 0.2) is 24.4 Å². The lowest BCUT2D eigenvalue weighted by Crippen LogP contribution is -2.37. The van der Waals surface area contributed by atoms with Gasteiger partial charge in [0, 0.05) is 18.4 Å². The first-order valence-corrected chi connectivity index (χ1v) is 13.1. The summed E-state index contributed by atoms with van der Waals surface area (Å²) in [4.78, 5) is 16.6. The van der Waals surface area contributed by atoms with Crippen LogP contribution >= 0.6 is 11.3 Å². The number of amides is 1. The van der Waals surface area contributed by atoms with E-state index in [1.54, 1.807) is 0 Å². The van der Waals surface area contributed by atoms with Gasteiger partial charge in [-0.15, -0.1) is 11.3 Å². The normalized spacial score (nSPS) is 13.9. The Kier molecular flexibility index (Phi) is 6.34. The number of rotatable bonds is 7. The Morgan fingerprint density at radius 1 is 1.28 bits per heavy atom. The monoisotopic (exact) mass is 511 g/mol. The number of sulfone groups is 1. The van der Waals surface area contributed by atoms with Gasteiger partial charge >= 0.3 is 6.18 Å². The van der Waals surface area contributed by atoms with E-state index in [1.807, 2.05) is 5.10 Å². The number of thiazole rings is 1. The molecule has 10 nitrogen and oxygen atoms in total. The number of alkyl halides is 3. The Balaban J connectivity index is 1.97. The number of nitrogens with one attached hydrogen (secondary N) is 2. The Labute approximate surface area is 184 Å². The third-order valence-electron chi connectivity index (χ3n) is 4.22. The first-order chi connectivity index (χ1) is 14.7. The zero-order chi connectivity index (χ0) is 23.9. The number of primary sulfonamides is 1. The van der Waals surface area contributed by atoms with Crippen molar-refractivity contribution in [2.45, 2.75) is 11.4 Å². The Morgan fingerprint density at radius 2 is 1.97 bits per heavy atom. The van der Waals surface area contributed by atoms with Crippen LogP contribution in [0.2, 0.25) is 0 Å². The van der Waals surface area contributed by atoms with Crippen LogP contribution < -0.4 is 10.5 Å². The molecule has 0 radical (unpaired) electrons. The second kappa shape index (κ2) is 8.42. The molecule has 32 heavy (non-hydrogen) atoms. The first-order valence-electron chi connectivity index (χ1n) is 8.65. The van der Waals surface area contributed by atoms with Crippen molar-refractivity contribution in [1.29, 1.82) is 0 Å². The summed E-state index contributed by atoms with van der Waals surface area (Å²) in [6, 6.07) is 4.15. The van der Waals surface area contributed by atoms with Crippen molar-refractivity contribution >= 4 is 47.3 Å². The molecule has 16 heteroatoms. The maximum atomic E-state index is 13.1. The second-order valence-corrected chi connectivity index (χ2v) is 11.7. The molecule has 2 aromatic heterocycles. The molecule has 1 aromatic carbocycles. The summed E-state index contributed by atoms with van der Waals surface area (Å²) in [5.41, 5.74) is -0.793. The van der Waals surface area contributed by atoms with Crippen molar-refractivity contribution in [3.8, 4) is 11.1 Å². The highest BCUT2D eigenvalue weighted by Crippen LogP contribution is 2.38. The molecule has 0 aliphatic rings. The minimum Gasteiger partial charge on any atom is -0.354 e. The van der Waals surface area contributed by atoms with Crippen LogP contribution in [0.3, 0.4) is 0 Å². The summed E-state index contributed by atoms with van der Waals surface area (Å²) in [5.74, 6) is -1.59. The number of aromatic amines is 1. The van der Waals surface area contributed by atoms with Gasteiger partial charge in [-0.25, -0.2) is 27.0 Å². The quantitative estimate of drug-likeness (QED) is 0.429.